The van der Waals surface area contributed by atoms with Crippen LogP contribution in [0.3, 0.4) is 0 Å². The van der Waals surface area contributed by atoms with Crippen LogP contribution < -0.4 is 10.6 Å². The second kappa shape index (κ2) is 6.58. The fourth-order valence-electron chi connectivity index (χ4n) is 1.60. The maximum absolute atomic E-state index is 14.2. The number of halogens is 2. The highest BCUT2D eigenvalue weighted by atomic mass is 79.9. The van der Waals surface area contributed by atoms with E-state index in [1.165, 1.54) is 0 Å². The first-order valence-electron chi connectivity index (χ1n) is 5.70. The summed E-state index contributed by atoms with van der Waals surface area (Å²) in [6, 6.07) is 3.25. The molecule has 1 rings (SSSR count). The summed E-state index contributed by atoms with van der Waals surface area (Å²) in [4.78, 5) is 1.85. The first-order chi connectivity index (χ1) is 8.52. The van der Waals surface area contributed by atoms with Gasteiger partial charge in [0.05, 0.1) is 10.2 Å². The van der Waals surface area contributed by atoms with Gasteiger partial charge in [0.1, 0.15) is 0 Å². The molecule has 0 unspecified atom stereocenters. The minimum atomic E-state index is -0.405. The number of nitrogens with two attached hydrogens (primary N) is 1. The molecule has 0 saturated carbocycles. The highest BCUT2D eigenvalue weighted by Crippen LogP contribution is 2.29. The Morgan fingerprint density at radius 1 is 1.56 bits per heavy atom. The van der Waals surface area contributed by atoms with Gasteiger partial charge < -0.3 is 15.8 Å². The Labute approximate surface area is 114 Å². The molecule has 1 aromatic rings. The number of anilines is 1. The predicted octanol–water partition coefficient (Wildman–Crippen LogP) is 2.92. The van der Waals surface area contributed by atoms with Crippen molar-refractivity contribution in [2.45, 2.75) is 19.8 Å². The summed E-state index contributed by atoms with van der Waals surface area (Å²) < 4.78 is 14.4. The Balaban J connectivity index is 3.08. The SMILES string of the molecule is CCCCN(C)c1ccc(/C(N)=N/O)c(Br)c1F. The molecule has 0 aliphatic carbocycles. The summed E-state index contributed by atoms with van der Waals surface area (Å²) in [6.45, 7) is 2.87. The van der Waals surface area contributed by atoms with Gasteiger partial charge in [0.2, 0.25) is 0 Å². The largest absolute Gasteiger partial charge is 0.409 e. The Bertz CT molecular complexity index is 451. The molecule has 0 fully saturated rings. The standard InChI is InChI=1S/C12H17BrFN3O/c1-3-4-7-17(2)9-6-5-8(12(15)16-18)10(13)11(9)14/h5-6,18H,3-4,7H2,1-2H3,(H2,15,16). The van der Waals surface area contributed by atoms with Crippen molar-refractivity contribution in [1.82, 2.24) is 0 Å². The molecule has 0 saturated heterocycles. The zero-order chi connectivity index (χ0) is 13.7. The number of nitrogens with zero attached hydrogens (tertiary/aromatic N) is 2. The second-order valence-electron chi connectivity index (χ2n) is 4.02. The lowest BCUT2D eigenvalue weighted by atomic mass is 10.1. The summed E-state index contributed by atoms with van der Waals surface area (Å²) in [5.41, 5.74) is 6.29. The van der Waals surface area contributed by atoms with E-state index in [0.29, 0.717) is 11.3 Å². The summed E-state index contributed by atoms with van der Waals surface area (Å²) in [5, 5.41) is 11.5. The third-order valence-corrected chi connectivity index (χ3v) is 3.48. The van der Waals surface area contributed by atoms with Crippen molar-refractivity contribution in [3.63, 3.8) is 0 Å². The third kappa shape index (κ3) is 3.13. The first-order valence-corrected chi connectivity index (χ1v) is 6.49. The molecule has 4 nitrogen and oxygen atoms in total. The van der Waals surface area contributed by atoms with E-state index >= 15 is 0 Å². The first kappa shape index (κ1) is 14.8. The fourth-order valence-corrected chi connectivity index (χ4v) is 2.14. The maximum atomic E-state index is 14.2. The van der Waals surface area contributed by atoms with Crippen LogP contribution in [0.5, 0.6) is 0 Å². The number of benzene rings is 1. The number of hydrogen-bond acceptors (Lipinski definition) is 3. The molecular weight excluding hydrogens is 301 g/mol. The Morgan fingerprint density at radius 3 is 2.78 bits per heavy atom. The minimum Gasteiger partial charge on any atom is -0.409 e. The average Bonchev–Trinajstić information content (AvgIpc) is 2.38. The van der Waals surface area contributed by atoms with Crippen molar-refractivity contribution in [1.29, 1.82) is 0 Å². The van der Waals surface area contributed by atoms with Gasteiger partial charge in [0.25, 0.3) is 0 Å². The van der Waals surface area contributed by atoms with Crippen LogP contribution in [0.4, 0.5) is 10.1 Å². The lowest BCUT2D eigenvalue weighted by molar-refractivity contribution is 0.318. The molecule has 0 aromatic heterocycles. The van der Waals surface area contributed by atoms with Crippen LogP contribution in [0.1, 0.15) is 25.3 Å². The molecule has 0 heterocycles. The topological polar surface area (TPSA) is 61.8 Å². The Hall–Kier alpha value is -1.30. The van der Waals surface area contributed by atoms with E-state index in [1.54, 1.807) is 12.1 Å². The molecule has 100 valence electrons. The van der Waals surface area contributed by atoms with Crippen LogP contribution >= 0.6 is 15.9 Å². The monoisotopic (exact) mass is 317 g/mol. The van der Waals surface area contributed by atoms with Crippen LogP contribution in [0.2, 0.25) is 0 Å². The van der Waals surface area contributed by atoms with Gasteiger partial charge in [-0.25, -0.2) is 4.39 Å². The highest BCUT2D eigenvalue weighted by molar-refractivity contribution is 9.10. The Kier molecular flexibility index (Phi) is 5.40. The Morgan fingerprint density at radius 2 is 2.22 bits per heavy atom. The zero-order valence-corrected chi connectivity index (χ0v) is 12.0. The molecule has 3 N–H and O–H groups in total. The van der Waals surface area contributed by atoms with Gasteiger partial charge in [-0.3, -0.25) is 0 Å². The van der Waals surface area contributed by atoms with Crippen molar-refractivity contribution < 1.29 is 9.60 Å². The lowest BCUT2D eigenvalue weighted by Crippen LogP contribution is -2.21. The van der Waals surface area contributed by atoms with E-state index in [2.05, 4.69) is 28.0 Å². The number of unbranched alkanes of at least 4 members (excludes halogenated alkanes) is 1. The van der Waals surface area contributed by atoms with Gasteiger partial charge in [-0.15, -0.1) is 0 Å². The lowest BCUT2D eigenvalue weighted by Gasteiger charge is -2.20. The van der Waals surface area contributed by atoms with E-state index in [0.717, 1.165) is 19.4 Å². The quantitative estimate of drug-likeness (QED) is 0.380. The van der Waals surface area contributed by atoms with Crippen LogP contribution in [0.15, 0.2) is 21.8 Å². The van der Waals surface area contributed by atoms with Gasteiger partial charge in [-0.1, -0.05) is 18.5 Å². The van der Waals surface area contributed by atoms with Crippen LogP contribution in [0, 0.1) is 5.82 Å². The van der Waals surface area contributed by atoms with Gasteiger partial charge in [0, 0.05) is 19.2 Å². The van der Waals surface area contributed by atoms with Crippen LogP contribution in [-0.2, 0) is 0 Å². The van der Waals surface area contributed by atoms with E-state index in [4.69, 9.17) is 10.9 Å². The van der Waals surface area contributed by atoms with E-state index in [1.807, 2.05) is 11.9 Å². The van der Waals surface area contributed by atoms with Crippen molar-refractivity contribution in [3.05, 3.63) is 28.0 Å². The summed E-state index contributed by atoms with van der Waals surface area (Å²) >= 11 is 3.14. The summed E-state index contributed by atoms with van der Waals surface area (Å²) in [7, 11) is 1.84. The molecule has 0 atom stereocenters. The molecule has 1 aromatic carbocycles. The van der Waals surface area contributed by atoms with Crippen molar-refractivity contribution in [2.75, 3.05) is 18.5 Å². The van der Waals surface area contributed by atoms with Gasteiger partial charge in [0.15, 0.2) is 11.7 Å². The normalized spacial score (nSPS) is 11.7. The number of oxime groups is 1. The molecule has 0 aliphatic heterocycles. The molecule has 0 bridgehead atoms. The van der Waals surface area contributed by atoms with E-state index < -0.39 is 5.82 Å². The van der Waals surface area contributed by atoms with Gasteiger partial charge in [-0.2, -0.15) is 0 Å². The van der Waals surface area contributed by atoms with Crippen molar-refractivity contribution >= 4 is 27.5 Å². The van der Waals surface area contributed by atoms with Gasteiger partial charge >= 0.3 is 0 Å². The number of hydrogen-bond donors (Lipinski definition) is 2. The molecule has 6 heteroatoms. The van der Waals surface area contributed by atoms with Crippen LogP contribution in [0.25, 0.3) is 0 Å². The summed E-state index contributed by atoms with van der Waals surface area (Å²) in [6.07, 6.45) is 2.05. The van der Waals surface area contributed by atoms with Crippen molar-refractivity contribution in [2.24, 2.45) is 10.9 Å². The molecule has 0 amide bonds. The molecular formula is C12H17BrFN3O. The molecule has 18 heavy (non-hydrogen) atoms. The molecule has 0 aliphatic rings. The maximum Gasteiger partial charge on any atom is 0.171 e. The third-order valence-electron chi connectivity index (χ3n) is 2.70. The minimum absolute atomic E-state index is 0.122. The fraction of sp³-hybridized carbons (Fsp3) is 0.417. The van der Waals surface area contributed by atoms with Crippen LogP contribution in [-0.4, -0.2) is 24.6 Å². The van der Waals surface area contributed by atoms with E-state index in [-0.39, 0.29) is 10.3 Å². The molecule has 0 radical (unpaired) electrons. The number of amidine groups is 1. The smallest absolute Gasteiger partial charge is 0.171 e. The predicted molar refractivity (Wildman–Crippen MR) is 74.8 cm³/mol. The number of rotatable bonds is 5. The summed E-state index contributed by atoms with van der Waals surface area (Å²) in [5.74, 6) is -0.527. The second-order valence-corrected chi connectivity index (χ2v) is 4.81. The van der Waals surface area contributed by atoms with Crippen molar-refractivity contribution in [3.8, 4) is 0 Å². The average molecular weight is 318 g/mol. The highest BCUT2D eigenvalue weighted by Gasteiger charge is 2.16. The van der Waals surface area contributed by atoms with Gasteiger partial charge in [-0.05, 0) is 34.5 Å². The molecule has 0 spiro atoms. The van der Waals surface area contributed by atoms with E-state index in [9.17, 15) is 4.39 Å². The zero-order valence-electron chi connectivity index (χ0n) is 10.5.